The highest BCUT2D eigenvalue weighted by molar-refractivity contribution is 5.81. The molecule has 2 unspecified atom stereocenters. The smallest absolute Gasteiger partial charge is 0.223 e. The molecule has 2 saturated carbocycles. The fourth-order valence-electron chi connectivity index (χ4n) is 3.80. The van der Waals surface area contributed by atoms with E-state index in [0.717, 1.165) is 44.7 Å². The van der Waals surface area contributed by atoms with Crippen molar-refractivity contribution >= 4 is 11.9 Å². The predicted molar refractivity (Wildman–Crippen MR) is 97.1 cm³/mol. The first kappa shape index (κ1) is 19.0. The summed E-state index contributed by atoms with van der Waals surface area (Å²) in [6.45, 7) is 8.64. The van der Waals surface area contributed by atoms with Crippen molar-refractivity contribution in [2.45, 2.75) is 65.0 Å². The van der Waals surface area contributed by atoms with Crippen LogP contribution in [-0.2, 0) is 9.53 Å². The highest BCUT2D eigenvalue weighted by Gasteiger charge is 2.53. The molecule has 0 aromatic rings. The van der Waals surface area contributed by atoms with Gasteiger partial charge in [0.25, 0.3) is 0 Å². The molecule has 2 fully saturated rings. The Morgan fingerprint density at radius 2 is 1.83 bits per heavy atom. The van der Waals surface area contributed by atoms with Crippen molar-refractivity contribution < 1.29 is 9.53 Å². The lowest BCUT2D eigenvalue weighted by molar-refractivity contribution is -0.133. The van der Waals surface area contributed by atoms with Gasteiger partial charge in [-0.25, -0.2) is 0 Å². The van der Waals surface area contributed by atoms with E-state index in [1.807, 2.05) is 0 Å². The van der Waals surface area contributed by atoms with E-state index < -0.39 is 0 Å². The Morgan fingerprint density at radius 3 is 2.38 bits per heavy atom. The Kier molecular flexibility index (Phi) is 6.90. The van der Waals surface area contributed by atoms with Crippen LogP contribution in [0.4, 0.5) is 0 Å². The third-order valence-electron chi connectivity index (χ3n) is 5.67. The molecule has 0 aromatic carbocycles. The fraction of sp³-hybridized carbons (Fsp3) is 0.889. The van der Waals surface area contributed by atoms with Crippen molar-refractivity contribution in [2.75, 3.05) is 26.7 Å². The van der Waals surface area contributed by atoms with E-state index in [-0.39, 0.29) is 17.2 Å². The molecule has 6 heteroatoms. The van der Waals surface area contributed by atoms with Gasteiger partial charge in [-0.15, -0.1) is 0 Å². The Morgan fingerprint density at radius 1 is 1.17 bits per heavy atom. The van der Waals surface area contributed by atoms with Crippen LogP contribution in [0.3, 0.4) is 0 Å². The van der Waals surface area contributed by atoms with Gasteiger partial charge in [-0.3, -0.25) is 9.79 Å². The predicted octanol–water partition coefficient (Wildman–Crippen LogP) is 1.66. The molecule has 6 nitrogen and oxygen atoms in total. The lowest BCUT2D eigenvalue weighted by atomic mass is 9.58. The molecule has 0 heterocycles. The van der Waals surface area contributed by atoms with E-state index in [2.05, 4.69) is 41.7 Å². The van der Waals surface area contributed by atoms with Crippen LogP contribution < -0.4 is 16.0 Å². The summed E-state index contributed by atoms with van der Waals surface area (Å²) in [6.07, 6.45) is 5.64. The summed E-state index contributed by atoms with van der Waals surface area (Å²) in [5.41, 5.74) is 0.188. The van der Waals surface area contributed by atoms with Crippen LogP contribution in [0.25, 0.3) is 0 Å². The summed E-state index contributed by atoms with van der Waals surface area (Å²) in [4.78, 5) is 15.9. The Labute approximate surface area is 146 Å². The van der Waals surface area contributed by atoms with Crippen molar-refractivity contribution in [3.63, 3.8) is 0 Å². The van der Waals surface area contributed by atoms with Gasteiger partial charge >= 0.3 is 0 Å². The lowest BCUT2D eigenvalue weighted by Gasteiger charge is -2.55. The summed E-state index contributed by atoms with van der Waals surface area (Å²) in [5.74, 6) is 1.26. The zero-order valence-electron chi connectivity index (χ0n) is 15.7. The molecular formula is C18H34N4O2. The van der Waals surface area contributed by atoms with Gasteiger partial charge in [0.1, 0.15) is 0 Å². The van der Waals surface area contributed by atoms with E-state index >= 15 is 0 Å². The molecule has 24 heavy (non-hydrogen) atoms. The quantitative estimate of drug-likeness (QED) is 0.340. The number of nitrogens with zero attached hydrogens (tertiary/aromatic N) is 1. The summed E-state index contributed by atoms with van der Waals surface area (Å²) in [5, 5.41) is 9.82. The number of amides is 1. The molecule has 2 aliphatic rings. The van der Waals surface area contributed by atoms with Crippen molar-refractivity contribution in [1.82, 2.24) is 16.0 Å². The van der Waals surface area contributed by atoms with Crippen molar-refractivity contribution in [1.29, 1.82) is 0 Å². The maximum absolute atomic E-state index is 11.6. The van der Waals surface area contributed by atoms with Crippen LogP contribution >= 0.6 is 0 Å². The number of aliphatic imine (C=N–C) groups is 1. The lowest BCUT2D eigenvalue weighted by Crippen LogP contribution is -2.65. The SMILES string of the molecule is CCOC1CC(NC(=NC)NCCNC(=O)C2CC2)C1(CC)CC. The number of nitrogens with one attached hydrogen (secondary N) is 3. The van der Waals surface area contributed by atoms with Gasteiger partial charge in [-0.05, 0) is 39.0 Å². The largest absolute Gasteiger partial charge is 0.378 e. The molecule has 3 N–H and O–H groups in total. The molecule has 0 saturated heterocycles. The van der Waals surface area contributed by atoms with Crippen LogP contribution in [0.5, 0.6) is 0 Å². The first-order valence-electron chi connectivity index (χ1n) is 9.47. The number of guanidine groups is 1. The number of rotatable bonds is 9. The van der Waals surface area contributed by atoms with E-state index in [9.17, 15) is 4.79 Å². The first-order valence-corrected chi connectivity index (χ1v) is 9.47. The second-order valence-electron chi connectivity index (χ2n) is 6.88. The molecular weight excluding hydrogens is 304 g/mol. The van der Waals surface area contributed by atoms with Gasteiger partial charge < -0.3 is 20.7 Å². The molecule has 0 spiro atoms. The zero-order chi connectivity index (χ0) is 17.6. The average Bonchev–Trinajstić information content (AvgIpc) is 3.42. The molecule has 2 atom stereocenters. The highest BCUT2D eigenvalue weighted by Crippen LogP contribution is 2.48. The van der Waals surface area contributed by atoms with Gasteiger partial charge in [-0.2, -0.15) is 0 Å². The van der Waals surface area contributed by atoms with E-state index in [0.29, 0.717) is 25.2 Å². The molecule has 0 radical (unpaired) electrons. The van der Waals surface area contributed by atoms with E-state index in [1.165, 1.54) is 0 Å². The first-order chi connectivity index (χ1) is 11.6. The zero-order valence-corrected chi connectivity index (χ0v) is 15.7. The molecule has 1 amide bonds. The maximum Gasteiger partial charge on any atom is 0.223 e. The second kappa shape index (κ2) is 8.70. The number of carbonyl (C=O) groups is 1. The number of carbonyl (C=O) groups excluding carboxylic acids is 1. The number of hydrogen-bond donors (Lipinski definition) is 3. The summed E-state index contributed by atoms with van der Waals surface area (Å²) < 4.78 is 5.93. The summed E-state index contributed by atoms with van der Waals surface area (Å²) >= 11 is 0. The summed E-state index contributed by atoms with van der Waals surface area (Å²) in [7, 11) is 1.79. The molecule has 0 aliphatic heterocycles. The van der Waals surface area contributed by atoms with Crippen molar-refractivity contribution in [2.24, 2.45) is 16.3 Å². The molecule has 0 bridgehead atoms. The highest BCUT2D eigenvalue weighted by atomic mass is 16.5. The topological polar surface area (TPSA) is 74.8 Å². The average molecular weight is 338 g/mol. The van der Waals surface area contributed by atoms with Gasteiger partial charge in [0.05, 0.1) is 6.10 Å². The van der Waals surface area contributed by atoms with Gasteiger partial charge in [-0.1, -0.05) is 13.8 Å². The van der Waals surface area contributed by atoms with Crippen LogP contribution in [0.15, 0.2) is 4.99 Å². The number of ether oxygens (including phenoxy) is 1. The monoisotopic (exact) mass is 338 g/mol. The van der Waals surface area contributed by atoms with Crippen LogP contribution in [0.1, 0.15) is 52.9 Å². The third-order valence-corrected chi connectivity index (χ3v) is 5.67. The molecule has 0 aromatic heterocycles. The van der Waals surface area contributed by atoms with Gasteiger partial charge in [0.2, 0.25) is 5.91 Å². The normalized spacial score (nSPS) is 25.8. The molecule has 138 valence electrons. The van der Waals surface area contributed by atoms with Crippen molar-refractivity contribution in [3.8, 4) is 0 Å². The van der Waals surface area contributed by atoms with Crippen molar-refractivity contribution in [3.05, 3.63) is 0 Å². The minimum Gasteiger partial charge on any atom is -0.378 e. The molecule has 2 rings (SSSR count). The maximum atomic E-state index is 11.6. The van der Waals surface area contributed by atoms with Crippen LogP contribution in [0.2, 0.25) is 0 Å². The summed E-state index contributed by atoms with van der Waals surface area (Å²) in [6, 6.07) is 0.385. The van der Waals surface area contributed by atoms with E-state index in [4.69, 9.17) is 4.74 Å². The molecule has 2 aliphatic carbocycles. The Hall–Kier alpha value is -1.30. The van der Waals surface area contributed by atoms with Crippen LogP contribution in [0, 0.1) is 11.3 Å². The van der Waals surface area contributed by atoms with Gasteiger partial charge in [0, 0.05) is 44.1 Å². The standard InChI is InChI=1S/C18H34N4O2/c1-5-18(6-2)14(12-15(18)24-7-3)22-17(19-4)21-11-10-20-16(23)13-8-9-13/h13-15H,5-12H2,1-4H3,(H,20,23)(H2,19,21,22). The minimum atomic E-state index is 0.188. The fourth-order valence-corrected chi connectivity index (χ4v) is 3.80. The third kappa shape index (κ3) is 4.21. The minimum absolute atomic E-state index is 0.188. The Bertz CT molecular complexity index is 444. The second-order valence-corrected chi connectivity index (χ2v) is 6.88. The number of hydrogen-bond acceptors (Lipinski definition) is 3. The van der Waals surface area contributed by atoms with Gasteiger partial charge in [0.15, 0.2) is 5.96 Å². The van der Waals surface area contributed by atoms with Crippen LogP contribution in [-0.4, -0.2) is 50.8 Å². The van der Waals surface area contributed by atoms with E-state index in [1.54, 1.807) is 7.05 Å². The Balaban J connectivity index is 1.76.